The van der Waals surface area contributed by atoms with Crippen molar-refractivity contribution in [3.05, 3.63) is 23.8 Å². The molecule has 0 saturated heterocycles. The Morgan fingerprint density at radius 2 is 2.07 bits per heavy atom. The van der Waals surface area contributed by atoms with E-state index in [0.717, 1.165) is 19.3 Å². The van der Waals surface area contributed by atoms with Gasteiger partial charge in [0.25, 0.3) is 5.91 Å². The summed E-state index contributed by atoms with van der Waals surface area (Å²) in [6.45, 7) is 6.08. The van der Waals surface area contributed by atoms with Gasteiger partial charge in [0.15, 0.2) is 0 Å². The fourth-order valence-corrected chi connectivity index (χ4v) is 3.51. The molecule has 0 heterocycles. The van der Waals surface area contributed by atoms with Gasteiger partial charge in [0.2, 0.25) is 0 Å². The molecule has 1 fully saturated rings. The van der Waals surface area contributed by atoms with Gasteiger partial charge < -0.3 is 19.5 Å². The van der Waals surface area contributed by atoms with Crippen LogP contribution in [-0.4, -0.2) is 37.8 Å². The molecule has 3 atom stereocenters. The molecule has 6 nitrogen and oxygen atoms in total. The van der Waals surface area contributed by atoms with Crippen molar-refractivity contribution in [3.8, 4) is 5.75 Å². The molecule has 0 spiro atoms. The van der Waals surface area contributed by atoms with Gasteiger partial charge in [-0.3, -0.25) is 4.79 Å². The quantitative estimate of drug-likeness (QED) is 0.722. The molecule has 1 amide bonds. The fourth-order valence-electron chi connectivity index (χ4n) is 3.51. The first kappa shape index (κ1) is 21.2. The summed E-state index contributed by atoms with van der Waals surface area (Å²) in [6, 6.07) is 5.02. The third kappa shape index (κ3) is 5.01. The highest BCUT2D eigenvalue weighted by Crippen LogP contribution is 2.36. The SMILES string of the molecule is CC[C@H](C)Oc1ccc(NC(=O)[C@@]2(OC)CCC[C@@H](C)C2)cc1C(=O)OC. The average molecular weight is 377 g/mol. The minimum Gasteiger partial charge on any atom is -0.490 e. The van der Waals surface area contributed by atoms with E-state index in [1.165, 1.54) is 7.11 Å². The third-order valence-electron chi connectivity index (χ3n) is 5.31. The normalized spacial score (nSPS) is 23.4. The van der Waals surface area contributed by atoms with Crippen LogP contribution in [0.25, 0.3) is 0 Å². The van der Waals surface area contributed by atoms with Gasteiger partial charge in [0, 0.05) is 12.8 Å². The second-order valence-corrected chi connectivity index (χ2v) is 7.39. The van der Waals surface area contributed by atoms with E-state index in [9.17, 15) is 9.59 Å². The topological polar surface area (TPSA) is 73.9 Å². The zero-order valence-electron chi connectivity index (χ0n) is 17.0. The second-order valence-electron chi connectivity index (χ2n) is 7.39. The third-order valence-corrected chi connectivity index (χ3v) is 5.31. The highest BCUT2D eigenvalue weighted by Gasteiger charge is 2.42. The minimum absolute atomic E-state index is 0.0330. The van der Waals surface area contributed by atoms with Gasteiger partial charge in [0.1, 0.15) is 16.9 Å². The number of methoxy groups -OCH3 is 2. The fraction of sp³-hybridized carbons (Fsp3) is 0.619. The Hall–Kier alpha value is -2.08. The first-order valence-electron chi connectivity index (χ1n) is 9.60. The molecule has 6 heteroatoms. The largest absolute Gasteiger partial charge is 0.490 e. The van der Waals surface area contributed by atoms with Crippen molar-refractivity contribution < 1.29 is 23.8 Å². The van der Waals surface area contributed by atoms with Gasteiger partial charge in [0.05, 0.1) is 13.2 Å². The molecule has 1 aromatic rings. The van der Waals surface area contributed by atoms with E-state index in [0.29, 0.717) is 35.8 Å². The van der Waals surface area contributed by atoms with E-state index in [4.69, 9.17) is 14.2 Å². The maximum atomic E-state index is 12.9. The highest BCUT2D eigenvalue weighted by molar-refractivity contribution is 5.99. The van der Waals surface area contributed by atoms with Crippen molar-refractivity contribution >= 4 is 17.6 Å². The lowest BCUT2D eigenvalue weighted by atomic mass is 9.78. The molecule has 0 radical (unpaired) electrons. The molecule has 0 unspecified atom stereocenters. The van der Waals surface area contributed by atoms with Crippen LogP contribution < -0.4 is 10.1 Å². The predicted octanol–water partition coefficient (Wildman–Crippen LogP) is 4.18. The van der Waals surface area contributed by atoms with Crippen LogP contribution >= 0.6 is 0 Å². The number of rotatable bonds is 7. The Kier molecular flexibility index (Phi) is 7.25. The van der Waals surface area contributed by atoms with Crippen LogP contribution in [0.2, 0.25) is 0 Å². The number of ether oxygens (including phenoxy) is 3. The molecule has 1 aliphatic rings. The van der Waals surface area contributed by atoms with Crippen LogP contribution in [0.3, 0.4) is 0 Å². The molecule has 27 heavy (non-hydrogen) atoms. The number of benzene rings is 1. The Morgan fingerprint density at radius 3 is 2.67 bits per heavy atom. The van der Waals surface area contributed by atoms with Crippen LogP contribution in [0, 0.1) is 5.92 Å². The lowest BCUT2D eigenvalue weighted by Crippen LogP contribution is -2.47. The van der Waals surface area contributed by atoms with Crippen molar-refractivity contribution in [2.45, 2.75) is 64.6 Å². The van der Waals surface area contributed by atoms with Crippen LogP contribution in [0.4, 0.5) is 5.69 Å². The summed E-state index contributed by atoms with van der Waals surface area (Å²) < 4.78 is 16.3. The number of anilines is 1. The van der Waals surface area contributed by atoms with Crippen LogP contribution in [0.1, 0.15) is 63.2 Å². The van der Waals surface area contributed by atoms with Gasteiger partial charge >= 0.3 is 5.97 Å². The Bertz CT molecular complexity index is 675. The molecule has 1 aliphatic carbocycles. The number of hydrogen-bond donors (Lipinski definition) is 1. The Morgan fingerprint density at radius 1 is 1.33 bits per heavy atom. The van der Waals surface area contributed by atoms with Crippen LogP contribution in [0.15, 0.2) is 18.2 Å². The molecule has 0 bridgehead atoms. The van der Waals surface area contributed by atoms with Crippen molar-refractivity contribution in [1.82, 2.24) is 0 Å². The average Bonchev–Trinajstić information content (AvgIpc) is 2.68. The smallest absolute Gasteiger partial charge is 0.341 e. The van der Waals surface area contributed by atoms with Crippen molar-refractivity contribution in [2.75, 3.05) is 19.5 Å². The predicted molar refractivity (Wildman–Crippen MR) is 104 cm³/mol. The van der Waals surface area contributed by atoms with Crippen molar-refractivity contribution in [3.63, 3.8) is 0 Å². The number of hydrogen-bond acceptors (Lipinski definition) is 5. The zero-order valence-corrected chi connectivity index (χ0v) is 17.0. The van der Waals surface area contributed by atoms with Gasteiger partial charge in [-0.2, -0.15) is 0 Å². The maximum absolute atomic E-state index is 12.9. The number of esters is 1. The summed E-state index contributed by atoms with van der Waals surface area (Å²) in [6.07, 6.45) is 4.22. The standard InChI is InChI=1S/C21H31NO5/c1-6-15(3)27-18-10-9-16(12-17(18)19(23)25-4)22-20(24)21(26-5)11-7-8-14(2)13-21/h9-10,12,14-15H,6-8,11,13H2,1-5H3,(H,22,24)/t14-,15+,21-/m1/s1. The molecule has 1 N–H and O–H groups in total. The zero-order chi connectivity index (χ0) is 20.0. The van der Waals surface area contributed by atoms with Gasteiger partial charge in [-0.25, -0.2) is 4.79 Å². The summed E-state index contributed by atoms with van der Waals surface area (Å²) in [7, 11) is 2.91. The lowest BCUT2D eigenvalue weighted by molar-refractivity contribution is -0.143. The molecule has 1 aromatic carbocycles. The first-order valence-corrected chi connectivity index (χ1v) is 9.60. The number of amides is 1. The molecular formula is C21H31NO5. The summed E-state index contributed by atoms with van der Waals surface area (Å²) in [4.78, 5) is 25.1. The Labute approximate surface area is 161 Å². The number of nitrogens with one attached hydrogen (secondary N) is 1. The van der Waals surface area contributed by atoms with Crippen LogP contribution in [0.5, 0.6) is 5.75 Å². The van der Waals surface area contributed by atoms with Crippen molar-refractivity contribution in [1.29, 1.82) is 0 Å². The van der Waals surface area contributed by atoms with E-state index >= 15 is 0 Å². The monoisotopic (exact) mass is 377 g/mol. The van der Waals surface area contributed by atoms with Crippen LogP contribution in [-0.2, 0) is 14.3 Å². The molecule has 0 aliphatic heterocycles. The van der Waals surface area contributed by atoms with E-state index in [1.54, 1.807) is 25.3 Å². The molecule has 150 valence electrons. The summed E-state index contributed by atoms with van der Waals surface area (Å²) >= 11 is 0. The lowest BCUT2D eigenvalue weighted by Gasteiger charge is -2.37. The minimum atomic E-state index is -0.824. The summed E-state index contributed by atoms with van der Waals surface area (Å²) in [5, 5.41) is 2.91. The molecule has 1 saturated carbocycles. The van der Waals surface area contributed by atoms with Gasteiger partial charge in [-0.1, -0.05) is 20.3 Å². The van der Waals surface area contributed by atoms with Gasteiger partial charge in [-0.15, -0.1) is 0 Å². The van der Waals surface area contributed by atoms with E-state index in [1.807, 2.05) is 13.8 Å². The summed E-state index contributed by atoms with van der Waals surface area (Å²) in [5.74, 6) is 0.198. The van der Waals surface area contributed by atoms with E-state index in [-0.39, 0.29) is 12.0 Å². The van der Waals surface area contributed by atoms with Gasteiger partial charge in [-0.05, 0) is 56.7 Å². The summed E-state index contributed by atoms with van der Waals surface area (Å²) in [5.41, 5.74) is -0.0136. The highest BCUT2D eigenvalue weighted by atomic mass is 16.5. The molecule has 0 aromatic heterocycles. The Balaban J connectivity index is 2.25. The second kappa shape index (κ2) is 9.22. The van der Waals surface area contributed by atoms with Crippen molar-refractivity contribution in [2.24, 2.45) is 5.92 Å². The number of carbonyl (C=O) groups excluding carboxylic acids is 2. The number of carbonyl (C=O) groups is 2. The first-order chi connectivity index (χ1) is 12.8. The van der Waals surface area contributed by atoms with E-state index < -0.39 is 11.6 Å². The van der Waals surface area contributed by atoms with E-state index in [2.05, 4.69) is 12.2 Å². The molecule has 2 rings (SSSR count). The maximum Gasteiger partial charge on any atom is 0.341 e. The molecular weight excluding hydrogens is 346 g/mol.